The third-order valence-electron chi connectivity index (χ3n) is 3.72. The highest BCUT2D eigenvalue weighted by Crippen LogP contribution is 2.41. The van der Waals surface area contributed by atoms with Crippen LogP contribution in [0.25, 0.3) is 22.9 Å². The summed E-state index contributed by atoms with van der Waals surface area (Å²) >= 11 is 0. The van der Waals surface area contributed by atoms with E-state index in [0.29, 0.717) is 5.92 Å². The molecule has 18 heavy (non-hydrogen) atoms. The summed E-state index contributed by atoms with van der Waals surface area (Å²) in [5, 5.41) is 2.85. The van der Waals surface area contributed by atoms with Gasteiger partial charge in [-0.3, -0.25) is 0 Å². The van der Waals surface area contributed by atoms with Crippen LogP contribution in [0.2, 0.25) is 0 Å². The number of rotatable bonds is 0. The van der Waals surface area contributed by atoms with Gasteiger partial charge in [0.15, 0.2) is 0 Å². The van der Waals surface area contributed by atoms with Crippen LogP contribution in [0.3, 0.4) is 0 Å². The van der Waals surface area contributed by atoms with E-state index in [9.17, 15) is 0 Å². The lowest BCUT2D eigenvalue weighted by molar-refractivity contribution is 0.861. The number of benzene rings is 2. The van der Waals surface area contributed by atoms with E-state index in [2.05, 4.69) is 67.8 Å². The molecule has 88 valence electrons. The Hall–Kier alpha value is -2.08. The molecule has 0 fully saturated rings. The van der Waals surface area contributed by atoms with Crippen molar-refractivity contribution in [3.63, 3.8) is 0 Å². The topological polar surface area (TPSA) is 0 Å². The molecule has 0 amide bonds. The van der Waals surface area contributed by atoms with Crippen LogP contribution >= 0.6 is 0 Å². The maximum atomic E-state index is 3.00. The van der Waals surface area contributed by atoms with Crippen LogP contribution in [0.1, 0.15) is 29.0 Å². The Morgan fingerprint density at radius 2 is 1.83 bits per heavy atom. The molecule has 1 unspecified atom stereocenters. The van der Waals surface area contributed by atoms with Gasteiger partial charge in [-0.1, -0.05) is 54.6 Å². The summed E-state index contributed by atoms with van der Waals surface area (Å²) in [6, 6.07) is 11.1. The summed E-state index contributed by atoms with van der Waals surface area (Å²) in [6.07, 6.45) is 10.3. The summed E-state index contributed by atoms with van der Waals surface area (Å²) in [6.45, 7) is 6.00. The monoisotopic (exact) mass is 232 g/mol. The van der Waals surface area contributed by atoms with Crippen molar-refractivity contribution in [3.8, 4) is 0 Å². The van der Waals surface area contributed by atoms with Crippen molar-refractivity contribution in [2.24, 2.45) is 0 Å². The molecule has 0 saturated heterocycles. The van der Waals surface area contributed by atoms with Gasteiger partial charge in [0.1, 0.15) is 0 Å². The molecule has 2 aromatic carbocycles. The standard InChI is InChI=1S/C16H12.C2H4/c1-3-11-7-9-13-5-2-6-14-10-8-12(4-1)15(11)16(13)14;1-2/h1-5,7-10,14H,6H2;1-2H2. The third-order valence-corrected chi connectivity index (χ3v) is 3.72. The molecule has 1 atom stereocenters. The van der Waals surface area contributed by atoms with Gasteiger partial charge in [0.05, 0.1) is 0 Å². The molecule has 0 N–H and O–H groups in total. The first-order chi connectivity index (χ1) is 8.93. The molecule has 0 bridgehead atoms. The van der Waals surface area contributed by atoms with Crippen LogP contribution in [0.5, 0.6) is 0 Å². The van der Waals surface area contributed by atoms with Crippen molar-refractivity contribution in [3.05, 3.63) is 72.3 Å². The highest BCUT2D eigenvalue weighted by Gasteiger charge is 2.21. The first-order valence-corrected chi connectivity index (χ1v) is 6.34. The SMILES string of the molecule is C1=Cc2ccc3cccc4c3c2C(C=C4)C1.C=C. The van der Waals surface area contributed by atoms with Crippen LogP contribution in [0, 0.1) is 0 Å². The van der Waals surface area contributed by atoms with E-state index in [1.165, 1.54) is 27.5 Å². The molecule has 0 heteroatoms. The Morgan fingerprint density at radius 1 is 0.944 bits per heavy atom. The van der Waals surface area contributed by atoms with E-state index in [-0.39, 0.29) is 0 Å². The van der Waals surface area contributed by atoms with Crippen molar-refractivity contribution in [2.75, 3.05) is 0 Å². The van der Waals surface area contributed by atoms with Gasteiger partial charge in [0.25, 0.3) is 0 Å². The normalized spacial score (nSPS) is 18.3. The fraction of sp³-hybridized carbons (Fsp3) is 0.111. The predicted molar refractivity (Wildman–Crippen MR) is 80.6 cm³/mol. The molecular formula is C18H16. The molecule has 0 aliphatic heterocycles. The first-order valence-electron chi connectivity index (χ1n) is 6.34. The Bertz CT molecular complexity index is 659. The van der Waals surface area contributed by atoms with Gasteiger partial charge in [0, 0.05) is 5.92 Å². The molecule has 0 aromatic heterocycles. The molecule has 4 rings (SSSR count). The molecule has 0 heterocycles. The quantitative estimate of drug-likeness (QED) is 0.550. The fourth-order valence-electron chi connectivity index (χ4n) is 2.99. The zero-order chi connectivity index (χ0) is 12.5. The minimum Gasteiger partial charge on any atom is -0.106 e. The van der Waals surface area contributed by atoms with Crippen molar-refractivity contribution < 1.29 is 0 Å². The number of allylic oxidation sites excluding steroid dienone is 2. The van der Waals surface area contributed by atoms with E-state index < -0.39 is 0 Å². The first kappa shape index (κ1) is 11.0. The van der Waals surface area contributed by atoms with Gasteiger partial charge >= 0.3 is 0 Å². The maximum absolute atomic E-state index is 3.00. The van der Waals surface area contributed by atoms with Crippen LogP contribution in [-0.2, 0) is 0 Å². The van der Waals surface area contributed by atoms with Crippen molar-refractivity contribution in [1.29, 1.82) is 0 Å². The van der Waals surface area contributed by atoms with E-state index in [0.717, 1.165) is 6.42 Å². The summed E-state index contributed by atoms with van der Waals surface area (Å²) in [5.74, 6) is 0.596. The van der Waals surface area contributed by atoms with Gasteiger partial charge in [-0.2, -0.15) is 0 Å². The molecular weight excluding hydrogens is 216 g/mol. The summed E-state index contributed by atoms with van der Waals surface area (Å²) in [4.78, 5) is 0. The average Bonchev–Trinajstić information content (AvgIpc) is 2.47. The highest BCUT2D eigenvalue weighted by molar-refractivity contribution is 5.98. The van der Waals surface area contributed by atoms with Gasteiger partial charge in [0.2, 0.25) is 0 Å². The Labute approximate surface area is 108 Å². The lowest BCUT2D eigenvalue weighted by Crippen LogP contribution is -2.05. The predicted octanol–water partition coefficient (Wildman–Crippen LogP) is 5.17. The summed E-state index contributed by atoms with van der Waals surface area (Å²) in [5.41, 5.74) is 4.32. The van der Waals surface area contributed by atoms with Gasteiger partial charge in [-0.15, -0.1) is 13.2 Å². The molecule has 2 aromatic rings. The van der Waals surface area contributed by atoms with E-state index in [1.807, 2.05) is 0 Å². The minimum atomic E-state index is 0.596. The minimum absolute atomic E-state index is 0.596. The number of hydrogen-bond acceptors (Lipinski definition) is 0. The largest absolute Gasteiger partial charge is 0.106 e. The van der Waals surface area contributed by atoms with Crippen molar-refractivity contribution in [2.45, 2.75) is 12.3 Å². The third kappa shape index (κ3) is 1.46. The zero-order valence-electron chi connectivity index (χ0n) is 10.4. The Balaban J connectivity index is 0.000000478. The summed E-state index contributed by atoms with van der Waals surface area (Å²) in [7, 11) is 0. The van der Waals surface area contributed by atoms with Gasteiger partial charge in [-0.25, -0.2) is 0 Å². The maximum Gasteiger partial charge on any atom is 0.00682 e. The van der Waals surface area contributed by atoms with E-state index in [4.69, 9.17) is 0 Å². The average molecular weight is 232 g/mol. The summed E-state index contributed by atoms with van der Waals surface area (Å²) < 4.78 is 0. The van der Waals surface area contributed by atoms with Crippen LogP contribution < -0.4 is 0 Å². The van der Waals surface area contributed by atoms with Crippen LogP contribution in [0.15, 0.2) is 55.6 Å². The Kier molecular flexibility index (Phi) is 2.64. The Morgan fingerprint density at radius 3 is 2.72 bits per heavy atom. The van der Waals surface area contributed by atoms with E-state index in [1.54, 1.807) is 0 Å². The second kappa shape index (κ2) is 4.30. The molecule has 0 nitrogen and oxygen atoms in total. The molecule has 0 saturated carbocycles. The lowest BCUT2D eigenvalue weighted by Gasteiger charge is -2.25. The zero-order valence-corrected chi connectivity index (χ0v) is 10.4. The lowest BCUT2D eigenvalue weighted by atomic mass is 9.79. The second-order valence-electron chi connectivity index (χ2n) is 4.62. The second-order valence-corrected chi connectivity index (χ2v) is 4.62. The van der Waals surface area contributed by atoms with Gasteiger partial charge < -0.3 is 0 Å². The molecule has 2 aliphatic carbocycles. The van der Waals surface area contributed by atoms with Gasteiger partial charge in [-0.05, 0) is 33.9 Å². The molecule has 0 radical (unpaired) electrons. The highest BCUT2D eigenvalue weighted by atomic mass is 14.2. The van der Waals surface area contributed by atoms with E-state index >= 15 is 0 Å². The molecule has 2 aliphatic rings. The fourth-order valence-corrected chi connectivity index (χ4v) is 2.99. The van der Waals surface area contributed by atoms with Crippen LogP contribution in [0.4, 0.5) is 0 Å². The number of hydrogen-bond donors (Lipinski definition) is 0. The van der Waals surface area contributed by atoms with Crippen molar-refractivity contribution in [1.82, 2.24) is 0 Å². The van der Waals surface area contributed by atoms with Crippen LogP contribution in [-0.4, -0.2) is 0 Å². The van der Waals surface area contributed by atoms with Crippen molar-refractivity contribution >= 4 is 22.9 Å². The smallest absolute Gasteiger partial charge is 0.00682 e. The molecule has 0 spiro atoms.